The van der Waals surface area contributed by atoms with Crippen LogP contribution in [-0.4, -0.2) is 35.6 Å². The smallest absolute Gasteiger partial charge is 0.284 e. The molecule has 0 saturated carbocycles. The first-order valence-corrected chi connectivity index (χ1v) is 8.58. The number of nitrogens with two attached hydrogens (primary N) is 1. The van der Waals surface area contributed by atoms with E-state index in [1.807, 2.05) is 6.08 Å². The fourth-order valence-corrected chi connectivity index (χ4v) is 3.65. The summed E-state index contributed by atoms with van der Waals surface area (Å²) in [6, 6.07) is 1.77. The van der Waals surface area contributed by atoms with Gasteiger partial charge in [-0.25, -0.2) is 0 Å². The fourth-order valence-electron chi connectivity index (χ4n) is 3.65. The second-order valence-corrected chi connectivity index (χ2v) is 8.04. The predicted octanol–water partition coefficient (Wildman–Crippen LogP) is 2.83. The summed E-state index contributed by atoms with van der Waals surface area (Å²) in [4.78, 5) is 13.8. The van der Waals surface area contributed by atoms with Crippen LogP contribution in [-0.2, 0) is 12.0 Å². The zero-order chi connectivity index (χ0) is 18.0. The molecular formula is C19H30N2O3. The monoisotopic (exact) mass is 334 g/mol. The number of nitrogens with zero attached hydrogens (tertiary/aromatic N) is 1. The number of piperidine rings is 1. The summed E-state index contributed by atoms with van der Waals surface area (Å²) < 4.78 is 5.74. The van der Waals surface area contributed by atoms with Gasteiger partial charge in [-0.15, -0.1) is 6.58 Å². The van der Waals surface area contributed by atoms with Gasteiger partial charge in [-0.2, -0.15) is 0 Å². The maximum atomic E-state index is 11.5. The summed E-state index contributed by atoms with van der Waals surface area (Å²) in [5.74, 6) is 0.480. The minimum Gasteiger partial charge on any atom is -0.455 e. The fraction of sp³-hybridized carbons (Fsp3) is 0.632. The zero-order valence-corrected chi connectivity index (χ0v) is 15.1. The number of allylic oxidation sites excluding steroid dienone is 1. The number of likely N-dealkylation sites (tertiary alicyclic amines) is 1. The van der Waals surface area contributed by atoms with Crippen molar-refractivity contribution in [2.45, 2.75) is 52.0 Å². The molecule has 1 aliphatic heterocycles. The lowest BCUT2D eigenvalue weighted by Crippen LogP contribution is -2.44. The highest BCUT2D eigenvalue weighted by Crippen LogP contribution is 2.36. The van der Waals surface area contributed by atoms with Gasteiger partial charge in [0.15, 0.2) is 5.76 Å². The molecule has 1 aromatic heterocycles. The van der Waals surface area contributed by atoms with Crippen molar-refractivity contribution in [2.24, 2.45) is 11.1 Å². The van der Waals surface area contributed by atoms with E-state index in [9.17, 15) is 9.90 Å². The maximum Gasteiger partial charge on any atom is 0.284 e. The van der Waals surface area contributed by atoms with Crippen LogP contribution < -0.4 is 5.73 Å². The molecule has 1 aromatic rings. The number of furan rings is 1. The Hall–Kier alpha value is -1.59. The quantitative estimate of drug-likeness (QED) is 0.784. The van der Waals surface area contributed by atoms with Crippen LogP contribution in [0.25, 0.3) is 0 Å². The second-order valence-electron chi connectivity index (χ2n) is 8.04. The first-order valence-electron chi connectivity index (χ1n) is 8.58. The Morgan fingerprint density at radius 2 is 2.25 bits per heavy atom. The molecule has 0 aromatic carbocycles. The van der Waals surface area contributed by atoms with E-state index in [0.717, 1.165) is 43.7 Å². The molecule has 0 unspecified atom stereocenters. The highest BCUT2D eigenvalue weighted by molar-refractivity contribution is 5.90. The van der Waals surface area contributed by atoms with E-state index in [2.05, 4.69) is 32.3 Å². The summed E-state index contributed by atoms with van der Waals surface area (Å²) >= 11 is 0. The Bertz CT molecular complexity index is 600. The Kier molecular flexibility index (Phi) is 5.56. The molecule has 1 atom stereocenters. The number of carbonyl (C=O) groups excluding carboxylic acids is 1. The van der Waals surface area contributed by atoms with E-state index in [4.69, 9.17) is 10.2 Å². The standard InChI is InChI=1S/C19H30N2O3/c1-5-7-19(13-22)8-6-9-21(12-19)11-14-10-15(17(20)23)24-16(14)18(2,3)4/h5,10,22H,1,6-9,11-13H2,2-4H3,(H2,20,23)/t19-/m1/s1. The Morgan fingerprint density at radius 3 is 2.79 bits per heavy atom. The molecule has 2 rings (SSSR count). The molecule has 0 spiro atoms. The van der Waals surface area contributed by atoms with E-state index >= 15 is 0 Å². The molecule has 1 aliphatic rings. The van der Waals surface area contributed by atoms with Crippen LogP contribution in [0.1, 0.15) is 61.9 Å². The van der Waals surface area contributed by atoms with Gasteiger partial charge >= 0.3 is 0 Å². The average molecular weight is 334 g/mol. The predicted molar refractivity (Wildman–Crippen MR) is 94.8 cm³/mol. The molecule has 1 saturated heterocycles. The molecule has 134 valence electrons. The van der Waals surface area contributed by atoms with Crippen LogP contribution in [0.3, 0.4) is 0 Å². The Balaban J connectivity index is 2.23. The van der Waals surface area contributed by atoms with Gasteiger partial charge in [0.2, 0.25) is 0 Å². The molecule has 0 bridgehead atoms. The molecule has 2 heterocycles. The number of aliphatic hydroxyl groups excluding tert-OH is 1. The third-order valence-corrected chi connectivity index (χ3v) is 4.78. The van der Waals surface area contributed by atoms with Crippen LogP contribution in [0, 0.1) is 5.41 Å². The zero-order valence-electron chi connectivity index (χ0n) is 15.1. The summed E-state index contributed by atoms with van der Waals surface area (Å²) in [6.45, 7) is 12.7. The van der Waals surface area contributed by atoms with Crippen molar-refractivity contribution in [3.05, 3.63) is 35.8 Å². The van der Waals surface area contributed by atoms with E-state index < -0.39 is 5.91 Å². The normalized spacial score (nSPS) is 22.5. The highest BCUT2D eigenvalue weighted by Gasteiger charge is 2.35. The minimum absolute atomic E-state index is 0.113. The minimum atomic E-state index is -0.540. The van der Waals surface area contributed by atoms with Crippen LogP contribution in [0.4, 0.5) is 0 Å². The van der Waals surface area contributed by atoms with Crippen molar-refractivity contribution in [3.8, 4) is 0 Å². The molecule has 1 amide bonds. The van der Waals surface area contributed by atoms with Gasteiger partial charge in [0, 0.05) is 29.5 Å². The van der Waals surface area contributed by atoms with Crippen molar-refractivity contribution in [3.63, 3.8) is 0 Å². The molecule has 5 nitrogen and oxygen atoms in total. The third-order valence-electron chi connectivity index (χ3n) is 4.78. The summed E-state index contributed by atoms with van der Waals surface area (Å²) in [6.07, 6.45) is 4.75. The van der Waals surface area contributed by atoms with Gasteiger partial charge in [-0.1, -0.05) is 26.8 Å². The van der Waals surface area contributed by atoms with Gasteiger partial charge in [0.05, 0.1) is 6.61 Å². The van der Waals surface area contributed by atoms with Crippen molar-refractivity contribution < 1.29 is 14.3 Å². The summed E-state index contributed by atoms with van der Waals surface area (Å²) in [5.41, 5.74) is 6.08. The van der Waals surface area contributed by atoms with Gasteiger partial charge in [-0.05, 0) is 31.9 Å². The first-order chi connectivity index (χ1) is 11.2. The number of carbonyl (C=O) groups is 1. The lowest BCUT2D eigenvalue weighted by atomic mass is 9.77. The van der Waals surface area contributed by atoms with Crippen molar-refractivity contribution in [1.29, 1.82) is 0 Å². The first kappa shape index (κ1) is 18.7. The SMILES string of the molecule is C=CC[C@@]1(CO)CCCN(Cc2cc(C(N)=O)oc2C(C)(C)C)C1. The van der Waals surface area contributed by atoms with Crippen molar-refractivity contribution in [1.82, 2.24) is 4.90 Å². The average Bonchev–Trinajstić information content (AvgIpc) is 2.92. The van der Waals surface area contributed by atoms with Gasteiger partial charge in [-0.3, -0.25) is 9.69 Å². The van der Waals surface area contributed by atoms with Crippen LogP contribution >= 0.6 is 0 Å². The van der Waals surface area contributed by atoms with Gasteiger partial charge < -0.3 is 15.3 Å². The maximum absolute atomic E-state index is 11.5. The number of hydrogen-bond donors (Lipinski definition) is 2. The molecule has 0 radical (unpaired) electrons. The van der Waals surface area contributed by atoms with E-state index in [-0.39, 0.29) is 23.2 Å². The lowest BCUT2D eigenvalue weighted by Gasteiger charge is -2.41. The summed E-state index contributed by atoms with van der Waals surface area (Å²) in [7, 11) is 0. The van der Waals surface area contributed by atoms with Crippen LogP contribution in [0.2, 0.25) is 0 Å². The number of primary amides is 1. The van der Waals surface area contributed by atoms with Crippen LogP contribution in [0.15, 0.2) is 23.1 Å². The second kappa shape index (κ2) is 7.11. The largest absolute Gasteiger partial charge is 0.455 e. The van der Waals surface area contributed by atoms with Gasteiger partial charge in [0.25, 0.3) is 5.91 Å². The molecule has 1 fully saturated rings. The Labute approximate surface area is 144 Å². The molecule has 0 aliphatic carbocycles. The van der Waals surface area contributed by atoms with Crippen molar-refractivity contribution in [2.75, 3.05) is 19.7 Å². The topological polar surface area (TPSA) is 79.7 Å². The van der Waals surface area contributed by atoms with E-state index in [1.165, 1.54) is 0 Å². The third kappa shape index (κ3) is 4.08. The Morgan fingerprint density at radius 1 is 1.54 bits per heavy atom. The lowest BCUT2D eigenvalue weighted by molar-refractivity contribution is 0.0305. The van der Waals surface area contributed by atoms with Crippen LogP contribution in [0.5, 0.6) is 0 Å². The van der Waals surface area contributed by atoms with E-state index in [0.29, 0.717) is 6.54 Å². The van der Waals surface area contributed by atoms with Gasteiger partial charge in [0.1, 0.15) is 5.76 Å². The van der Waals surface area contributed by atoms with Crippen molar-refractivity contribution >= 4 is 5.91 Å². The molecule has 5 heteroatoms. The number of rotatable bonds is 6. The number of hydrogen-bond acceptors (Lipinski definition) is 4. The highest BCUT2D eigenvalue weighted by atomic mass is 16.4. The number of aliphatic hydroxyl groups is 1. The van der Waals surface area contributed by atoms with E-state index in [1.54, 1.807) is 6.07 Å². The summed E-state index contributed by atoms with van der Waals surface area (Å²) in [5, 5.41) is 9.86. The number of amides is 1. The molecule has 24 heavy (non-hydrogen) atoms. The molecule has 3 N–H and O–H groups in total. The molecular weight excluding hydrogens is 304 g/mol.